The van der Waals surface area contributed by atoms with Crippen molar-refractivity contribution < 1.29 is 18.0 Å². The minimum absolute atomic E-state index is 0.00945. The van der Waals surface area contributed by atoms with Crippen LogP contribution in [0.5, 0.6) is 0 Å². The predicted molar refractivity (Wildman–Crippen MR) is 61.1 cm³/mol. The van der Waals surface area contributed by atoms with Gasteiger partial charge in [0.25, 0.3) is 5.91 Å². The molecule has 6 heteroatoms. The van der Waals surface area contributed by atoms with Crippen molar-refractivity contribution in [2.75, 3.05) is 0 Å². The Kier molecular flexibility index (Phi) is 4.69. The van der Waals surface area contributed by atoms with Gasteiger partial charge in [0.15, 0.2) is 0 Å². The molecule has 0 aliphatic carbocycles. The molecule has 0 bridgehead atoms. The Bertz CT molecular complexity index is 401. The second kappa shape index (κ2) is 5.84. The van der Waals surface area contributed by atoms with Gasteiger partial charge in [-0.25, -0.2) is 0 Å². The summed E-state index contributed by atoms with van der Waals surface area (Å²) < 4.78 is 36.8. The smallest absolute Gasteiger partial charge is 0.350 e. The second-order valence-corrected chi connectivity index (χ2v) is 4.09. The van der Waals surface area contributed by atoms with E-state index >= 15 is 0 Å². The van der Waals surface area contributed by atoms with Crippen molar-refractivity contribution in [1.29, 1.82) is 0 Å². The lowest BCUT2D eigenvalue weighted by Crippen LogP contribution is -2.32. The molecule has 1 aromatic heterocycles. The van der Waals surface area contributed by atoms with E-state index in [1.54, 1.807) is 0 Å². The van der Waals surface area contributed by atoms with Gasteiger partial charge < -0.3 is 5.32 Å². The van der Waals surface area contributed by atoms with Gasteiger partial charge in [-0.3, -0.25) is 9.78 Å². The van der Waals surface area contributed by atoms with Crippen LogP contribution in [0.15, 0.2) is 18.3 Å². The zero-order valence-corrected chi connectivity index (χ0v) is 10.2. The number of aromatic nitrogens is 1. The van der Waals surface area contributed by atoms with Crippen molar-refractivity contribution in [3.8, 4) is 0 Å². The molecule has 3 nitrogen and oxygen atoms in total. The van der Waals surface area contributed by atoms with Gasteiger partial charge in [0.05, 0.1) is 5.56 Å². The van der Waals surface area contributed by atoms with Crippen LogP contribution in [0.4, 0.5) is 13.2 Å². The van der Waals surface area contributed by atoms with E-state index in [-0.39, 0.29) is 11.6 Å². The lowest BCUT2D eigenvalue weighted by atomic mass is 10.1. The molecule has 0 aliphatic heterocycles. The standard InChI is InChI=1S/C12H15F3N2O/c1-3-4-8(2)17-11(18)9-5-6-10(16-7-9)12(13,14)15/h5-8H,3-4H2,1-2H3,(H,17,18)/t8-/m0/s1. The molecule has 0 saturated heterocycles. The zero-order chi connectivity index (χ0) is 13.8. The summed E-state index contributed by atoms with van der Waals surface area (Å²) in [5.41, 5.74) is -0.869. The number of halogens is 3. The van der Waals surface area contributed by atoms with Crippen LogP contribution in [0.1, 0.15) is 42.7 Å². The average Bonchev–Trinajstić information content (AvgIpc) is 2.28. The third-order valence-corrected chi connectivity index (χ3v) is 2.42. The van der Waals surface area contributed by atoms with Crippen LogP contribution in [0, 0.1) is 0 Å². The van der Waals surface area contributed by atoms with Crippen molar-refractivity contribution in [3.05, 3.63) is 29.6 Å². The van der Waals surface area contributed by atoms with Gasteiger partial charge in [-0.15, -0.1) is 0 Å². The van der Waals surface area contributed by atoms with E-state index < -0.39 is 17.8 Å². The highest BCUT2D eigenvalue weighted by Crippen LogP contribution is 2.27. The summed E-state index contributed by atoms with van der Waals surface area (Å²) in [6.45, 7) is 3.83. The minimum Gasteiger partial charge on any atom is -0.350 e. The Morgan fingerprint density at radius 2 is 2.11 bits per heavy atom. The molecular formula is C12H15F3N2O. The number of hydrogen-bond donors (Lipinski definition) is 1. The van der Waals surface area contributed by atoms with E-state index in [4.69, 9.17) is 0 Å². The van der Waals surface area contributed by atoms with Gasteiger partial charge in [0, 0.05) is 12.2 Å². The number of hydrogen-bond acceptors (Lipinski definition) is 2. The molecule has 0 aromatic carbocycles. The average molecular weight is 260 g/mol. The molecule has 0 fully saturated rings. The third kappa shape index (κ3) is 4.01. The van der Waals surface area contributed by atoms with Crippen molar-refractivity contribution in [1.82, 2.24) is 10.3 Å². The summed E-state index contributed by atoms with van der Waals surface area (Å²) in [6.07, 6.45) is -1.80. The Hall–Kier alpha value is -1.59. The van der Waals surface area contributed by atoms with E-state index in [1.165, 1.54) is 0 Å². The molecule has 0 saturated carbocycles. The number of carbonyl (C=O) groups is 1. The maximum atomic E-state index is 12.3. The first-order chi connectivity index (χ1) is 8.34. The maximum absolute atomic E-state index is 12.3. The molecule has 0 aliphatic rings. The summed E-state index contributed by atoms with van der Waals surface area (Å²) in [5.74, 6) is -0.405. The fraction of sp³-hybridized carbons (Fsp3) is 0.500. The van der Waals surface area contributed by atoms with Crippen molar-refractivity contribution in [2.24, 2.45) is 0 Å². The van der Waals surface area contributed by atoms with Crippen LogP contribution in [0.3, 0.4) is 0 Å². The normalized spacial score (nSPS) is 13.2. The predicted octanol–water partition coefficient (Wildman–Crippen LogP) is 3.02. The molecule has 1 aromatic rings. The van der Waals surface area contributed by atoms with Gasteiger partial charge in [-0.05, 0) is 25.5 Å². The summed E-state index contributed by atoms with van der Waals surface area (Å²) in [7, 11) is 0. The Morgan fingerprint density at radius 1 is 1.44 bits per heavy atom. The molecule has 0 radical (unpaired) electrons. The number of nitrogens with one attached hydrogen (secondary N) is 1. The number of nitrogens with zero attached hydrogens (tertiary/aromatic N) is 1. The van der Waals surface area contributed by atoms with E-state index in [0.29, 0.717) is 0 Å². The summed E-state index contributed by atoms with van der Waals surface area (Å²) in [4.78, 5) is 14.9. The highest BCUT2D eigenvalue weighted by molar-refractivity contribution is 5.94. The zero-order valence-electron chi connectivity index (χ0n) is 10.2. The van der Waals surface area contributed by atoms with Gasteiger partial charge in [0.2, 0.25) is 0 Å². The Balaban J connectivity index is 2.71. The number of alkyl halides is 3. The molecule has 1 heterocycles. The van der Waals surface area contributed by atoms with Gasteiger partial charge in [-0.1, -0.05) is 13.3 Å². The second-order valence-electron chi connectivity index (χ2n) is 4.09. The first-order valence-electron chi connectivity index (χ1n) is 5.68. The number of amides is 1. The fourth-order valence-corrected chi connectivity index (χ4v) is 1.51. The highest BCUT2D eigenvalue weighted by Gasteiger charge is 2.32. The highest BCUT2D eigenvalue weighted by atomic mass is 19.4. The van der Waals surface area contributed by atoms with Gasteiger partial charge >= 0.3 is 6.18 Å². The van der Waals surface area contributed by atoms with Crippen molar-refractivity contribution >= 4 is 5.91 Å². The topological polar surface area (TPSA) is 42.0 Å². The molecule has 1 N–H and O–H groups in total. The molecule has 100 valence electrons. The number of pyridine rings is 1. The van der Waals surface area contributed by atoms with Crippen molar-refractivity contribution in [3.63, 3.8) is 0 Å². The molecule has 1 amide bonds. The molecule has 0 unspecified atom stereocenters. The van der Waals surface area contributed by atoms with E-state index in [9.17, 15) is 18.0 Å². The number of carbonyl (C=O) groups excluding carboxylic acids is 1. The van der Waals surface area contributed by atoms with Gasteiger partial charge in [0.1, 0.15) is 5.69 Å². The largest absolute Gasteiger partial charge is 0.433 e. The SMILES string of the molecule is CCC[C@H](C)NC(=O)c1ccc(C(F)(F)F)nc1. The van der Waals surface area contributed by atoms with E-state index in [2.05, 4.69) is 10.3 Å². The van der Waals surface area contributed by atoms with Crippen LogP contribution in [0.25, 0.3) is 0 Å². The summed E-state index contributed by atoms with van der Waals surface area (Å²) in [6, 6.07) is 1.92. The number of rotatable bonds is 4. The third-order valence-electron chi connectivity index (χ3n) is 2.42. The molecule has 18 heavy (non-hydrogen) atoms. The van der Waals surface area contributed by atoms with Crippen LogP contribution >= 0.6 is 0 Å². The first-order valence-corrected chi connectivity index (χ1v) is 5.68. The van der Waals surface area contributed by atoms with Crippen LogP contribution in [0.2, 0.25) is 0 Å². The summed E-state index contributed by atoms with van der Waals surface area (Å²) >= 11 is 0. The molecular weight excluding hydrogens is 245 g/mol. The van der Waals surface area contributed by atoms with Crippen molar-refractivity contribution in [2.45, 2.75) is 38.9 Å². The lowest BCUT2D eigenvalue weighted by Gasteiger charge is -2.12. The Morgan fingerprint density at radius 3 is 2.56 bits per heavy atom. The molecule has 1 atom stereocenters. The van der Waals surface area contributed by atoms with Crippen LogP contribution in [-0.4, -0.2) is 16.9 Å². The monoisotopic (exact) mass is 260 g/mol. The minimum atomic E-state index is -4.48. The molecule has 0 spiro atoms. The van der Waals surface area contributed by atoms with E-state index in [0.717, 1.165) is 31.2 Å². The van der Waals surface area contributed by atoms with E-state index in [1.807, 2.05) is 13.8 Å². The Labute approximate surface area is 103 Å². The lowest BCUT2D eigenvalue weighted by molar-refractivity contribution is -0.141. The molecule has 1 rings (SSSR count). The quantitative estimate of drug-likeness (QED) is 0.904. The maximum Gasteiger partial charge on any atom is 0.433 e. The van der Waals surface area contributed by atoms with Gasteiger partial charge in [-0.2, -0.15) is 13.2 Å². The fourth-order valence-electron chi connectivity index (χ4n) is 1.51. The van der Waals surface area contributed by atoms with Crippen LogP contribution < -0.4 is 5.32 Å². The first kappa shape index (κ1) is 14.5. The summed E-state index contributed by atoms with van der Waals surface area (Å²) in [5, 5.41) is 2.70. The van der Waals surface area contributed by atoms with Crippen LogP contribution in [-0.2, 0) is 6.18 Å².